The normalized spacial score (nSPS) is 12.7. The summed E-state index contributed by atoms with van der Waals surface area (Å²) in [7, 11) is 3.70. The van der Waals surface area contributed by atoms with Gasteiger partial charge in [0.15, 0.2) is 0 Å². The Labute approximate surface area is 142 Å². The molecule has 0 spiro atoms. The maximum absolute atomic E-state index is 6.37. The molecule has 1 unspecified atom stereocenters. The number of nitrogens with zero attached hydrogens (tertiary/aromatic N) is 1. The molecule has 0 saturated carbocycles. The molecule has 0 saturated heterocycles. The van der Waals surface area contributed by atoms with Gasteiger partial charge in [0, 0.05) is 23.7 Å². The maximum atomic E-state index is 6.37. The molecule has 0 aliphatic rings. The molecule has 1 heterocycles. The van der Waals surface area contributed by atoms with Gasteiger partial charge in [-0.1, -0.05) is 17.7 Å². The lowest BCUT2D eigenvalue weighted by Gasteiger charge is -2.29. The number of benzene rings is 1. The molecule has 0 aliphatic heterocycles. The number of hydrogen-bond acceptors (Lipinski definition) is 4. The Morgan fingerprint density at radius 3 is 2.81 bits per heavy atom. The fraction of sp³-hybridized carbons (Fsp3) is 0.333. The van der Waals surface area contributed by atoms with E-state index in [1.54, 1.807) is 18.4 Å². The Kier molecular flexibility index (Phi) is 6.08. The lowest BCUT2D eigenvalue weighted by atomic mass is 10.0. The first-order valence-electron chi connectivity index (χ1n) is 6.52. The molecule has 114 valence electrons. The first-order valence-corrected chi connectivity index (χ1v) is 8.57. The van der Waals surface area contributed by atoms with E-state index in [9.17, 15) is 0 Å². The molecule has 1 atom stereocenters. The summed E-state index contributed by atoms with van der Waals surface area (Å²) in [5.74, 6) is 0.774. The van der Waals surface area contributed by atoms with Gasteiger partial charge in [0.2, 0.25) is 0 Å². The quantitative estimate of drug-likeness (QED) is 0.800. The highest BCUT2D eigenvalue weighted by atomic mass is 79.9. The molecule has 3 nitrogen and oxygen atoms in total. The van der Waals surface area contributed by atoms with Crippen molar-refractivity contribution in [3.05, 3.63) is 49.6 Å². The largest absolute Gasteiger partial charge is 0.496 e. The molecule has 0 aliphatic carbocycles. The van der Waals surface area contributed by atoms with Crippen LogP contribution in [0.5, 0.6) is 5.75 Å². The zero-order chi connectivity index (χ0) is 15.4. The molecule has 21 heavy (non-hydrogen) atoms. The smallest absolute Gasteiger partial charge is 0.125 e. The molecular formula is C15H18BrClN2OS. The van der Waals surface area contributed by atoms with Crippen molar-refractivity contribution in [1.29, 1.82) is 0 Å². The van der Waals surface area contributed by atoms with Crippen molar-refractivity contribution in [1.82, 2.24) is 4.90 Å². The number of hydrogen-bond donors (Lipinski definition) is 1. The van der Waals surface area contributed by atoms with E-state index in [4.69, 9.17) is 22.1 Å². The van der Waals surface area contributed by atoms with Crippen LogP contribution in [0.2, 0.25) is 5.02 Å². The molecule has 2 rings (SSSR count). The maximum Gasteiger partial charge on any atom is 0.125 e. The number of thiophene rings is 1. The van der Waals surface area contributed by atoms with Gasteiger partial charge in [0.1, 0.15) is 5.75 Å². The van der Waals surface area contributed by atoms with Gasteiger partial charge < -0.3 is 10.5 Å². The predicted octanol–water partition coefficient (Wildman–Crippen LogP) is 4.30. The van der Waals surface area contributed by atoms with Gasteiger partial charge in [-0.05, 0) is 52.1 Å². The highest BCUT2D eigenvalue weighted by Crippen LogP contribution is 2.35. The third-order valence-electron chi connectivity index (χ3n) is 3.38. The SMILES string of the molecule is COc1cccc(Cl)c1C(CN)N(C)Cc1csc(Br)c1. The van der Waals surface area contributed by atoms with Gasteiger partial charge in [-0.25, -0.2) is 0 Å². The summed E-state index contributed by atoms with van der Waals surface area (Å²) in [5.41, 5.74) is 8.19. The minimum atomic E-state index is 0.00678. The third-order valence-corrected chi connectivity index (χ3v) is 5.26. The Morgan fingerprint density at radius 1 is 1.48 bits per heavy atom. The van der Waals surface area contributed by atoms with Crippen molar-refractivity contribution < 1.29 is 4.74 Å². The van der Waals surface area contributed by atoms with Gasteiger partial charge in [-0.3, -0.25) is 4.90 Å². The number of rotatable bonds is 6. The summed E-state index contributed by atoms with van der Waals surface area (Å²) >= 11 is 11.5. The minimum absolute atomic E-state index is 0.00678. The second kappa shape index (κ2) is 7.61. The molecule has 2 N–H and O–H groups in total. The zero-order valence-electron chi connectivity index (χ0n) is 12.0. The summed E-state index contributed by atoms with van der Waals surface area (Å²) in [6, 6.07) is 7.80. The van der Waals surface area contributed by atoms with Crippen molar-refractivity contribution >= 4 is 38.9 Å². The van der Waals surface area contributed by atoms with Gasteiger partial charge in [-0.2, -0.15) is 0 Å². The monoisotopic (exact) mass is 388 g/mol. The molecule has 0 fully saturated rings. The number of nitrogens with two attached hydrogens (primary N) is 1. The first kappa shape index (κ1) is 16.8. The summed E-state index contributed by atoms with van der Waals surface area (Å²) in [5, 5.41) is 2.82. The summed E-state index contributed by atoms with van der Waals surface area (Å²) in [6.45, 7) is 1.28. The van der Waals surface area contributed by atoms with Crippen LogP contribution < -0.4 is 10.5 Å². The molecule has 1 aromatic carbocycles. The Balaban J connectivity index is 2.26. The summed E-state index contributed by atoms with van der Waals surface area (Å²) in [6.07, 6.45) is 0. The molecule has 1 aromatic heterocycles. The van der Waals surface area contributed by atoms with E-state index < -0.39 is 0 Å². The minimum Gasteiger partial charge on any atom is -0.496 e. The van der Waals surface area contributed by atoms with Crippen molar-refractivity contribution in [3.63, 3.8) is 0 Å². The topological polar surface area (TPSA) is 38.5 Å². The van der Waals surface area contributed by atoms with E-state index in [1.165, 1.54) is 5.56 Å². The van der Waals surface area contributed by atoms with Crippen LogP contribution in [-0.2, 0) is 6.54 Å². The fourth-order valence-corrected chi connectivity index (χ4v) is 3.86. The Morgan fingerprint density at radius 2 is 2.24 bits per heavy atom. The van der Waals surface area contributed by atoms with Crippen LogP contribution in [0.25, 0.3) is 0 Å². The average Bonchev–Trinajstić information content (AvgIpc) is 2.86. The van der Waals surface area contributed by atoms with E-state index in [-0.39, 0.29) is 6.04 Å². The standard InChI is InChI=1S/C15H18BrClN2OS/c1-19(8-10-6-14(16)21-9-10)12(7-18)15-11(17)4-3-5-13(15)20-2/h3-6,9,12H,7-8,18H2,1-2H3. The van der Waals surface area contributed by atoms with Crippen LogP contribution in [0, 0.1) is 0 Å². The second-order valence-corrected chi connectivity index (χ2v) is 7.48. The van der Waals surface area contributed by atoms with E-state index in [0.717, 1.165) is 21.6 Å². The Hall–Kier alpha value is -0.590. The van der Waals surface area contributed by atoms with Crippen molar-refractivity contribution in [2.45, 2.75) is 12.6 Å². The van der Waals surface area contributed by atoms with Crippen LogP contribution in [0.4, 0.5) is 0 Å². The van der Waals surface area contributed by atoms with Gasteiger partial charge >= 0.3 is 0 Å². The lowest BCUT2D eigenvalue weighted by molar-refractivity contribution is 0.236. The van der Waals surface area contributed by atoms with Crippen LogP contribution >= 0.6 is 38.9 Å². The fourth-order valence-electron chi connectivity index (χ4n) is 2.36. The molecule has 0 bridgehead atoms. The second-order valence-electron chi connectivity index (χ2n) is 4.78. The predicted molar refractivity (Wildman–Crippen MR) is 93.3 cm³/mol. The first-order chi connectivity index (χ1) is 10.1. The third kappa shape index (κ3) is 3.99. The highest BCUT2D eigenvalue weighted by Gasteiger charge is 2.22. The van der Waals surface area contributed by atoms with Gasteiger partial charge in [0.05, 0.1) is 16.9 Å². The molecule has 6 heteroatoms. The number of halogens is 2. The molecule has 0 radical (unpaired) electrons. The van der Waals surface area contributed by atoms with Crippen molar-refractivity contribution in [2.24, 2.45) is 5.73 Å². The van der Waals surface area contributed by atoms with Crippen LogP contribution in [0.15, 0.2) is 33.4 Å². The van der Waals surface area contributed by atoms with E-state index in [0.29, 0.717) is 11.6 Å². The van der Waals surface area contributed by atoms with Crippen molar-refractivity contribution in [3.8, 4) is 5.75 Å². The number of methoxy groups -OCH3 is 1. The zero-order valence-corrected chi connectivity index (χ0v) is 15.1. The van der Waals surface area contributed by atoms with Gasteiger partial charge in [-0.15, -0.1) is 11.3 Å². The lowest BCUT2D eigenvalue weighted by Crippen LogP contribution is -2.30. The van der Waals surface area contributed by atoms with Crippen LogP contribution in [0.1, 0.15) is 17.2 Å². The molecular weight excluding hydrogens is 372 g/mol. The molecule has 0 amide bonds. The van der Waals surface area contributed by atoms with E-state index in [2.05, 4.69) is 32.3 Å². The highest BCUT2D eigenvalue weighted by molar-refractivity contribution is 9.11. The summed E-state index contributed by atoms with van der Waals surface area (Å²) < 4.78 is 6.57. The number of ether oxygens (including phenoxy) is 1. The molecule has 2 aromatic rings. The number of likely N-dealkylation sites (N-methyl/N-ethyl adjacent to an activating group) is 1. The Bertz CT molecular complexity index is 605. The van der Waals surface area contributed by atoms with Crippen LogP contribution in [-0.4, -0.2) is 25.6 Å². The average molecular weight is 390 g/mol. The van der Waals surface area contributed by atoms with E-state index >= 15 is 0 Å². The van der Waals surface area contributed by atoms with Crippen LogP contribution in [0.3, 0.4) is 0 Å². The van der Waals surface area contributed by atoms with Gasteiger partial charge in [0.25, 0.3) is 0 Å². The van der Waals surface area contributed by atoms with E-state index in [1.807, 2.05) is 25.2 Å². The van der Waals surface area contributed by atoms with Crippen molar-refractivity contribution in [2.75, 3.05) is 20.7 Å². The summed E-state index contributed by atoms with van der Waals surface area (Å²) in [4.78, 5) is 2.19.